The van der Waals surface area contributed by atoms with Crippen molar-refractivity contribution in [2.45, 2.75) is 19.3 Å². The number of benzene rings is 1. The monoisotopic (exact) mass is 468 g/mol. The molecule has 0 unspecified atom stereocenters. The molecule has 2 N–H and O–H groups in total. The van der Waals surface area contributed by atoms with Crippen LogP contribution in [0.4, 0.5) is 17.5 Å². The van der Waals surface area contributed by atoms with Crippen LogP contribution in [0.15, 0.2) is 36.5 Å². The summed E-state index contributed by atoms with van der Waals surface area (Å²) >= 11 is 0. The molecule has 10 nitrogen and oxygen atoms in total. The molecule has 0 radical (unpaired) electrons. The summed E-state index contributed by atoms with van der Waals surface area (Å²) in [4.78, 5) is 35.3. The second kappa shape index (κ2) is 8.78. The number of carbonyl (C=O) groups excluding carboxylic acids is 2. The van der Waals surface area contributed by atoms with Crippen molar-refractivity contribution >= 4 is 39.1 Å². The molecule has 2 heterocycles. The first-order valence-electron chi connectivity index (χ1n) is 10.6. The van der Waals surface area contributed by atoms with Gasteiger partial charge in [-0.1, -0.05) is 0 Å². The summed E-state index contributed by atoms with van der Waals surface area (Å²) in [5.74, 6) is 0.183. The second-order valence-corrected chi connectivity index (χ2v) is 10.7. The predicted molar refractivity (Wildman–Crippen MR) is 122 cm³/mol. The third-order valence-electron chi connectivity index (χ3n) is 5.91. The average Bonchev–Trinajstić information content (AvgIpc) is 3.57. The molecule has 2 aliphatic rings. The maximum absolute atomic E-state index is 13.0. The van der Waals surface area contributed by atoms with Gasteiger partial charge >= 0.3 is 0 Å². The summed E-state index contributed by atoms with van der Waals surface area (Å²) in [6, 6.07) is 10.5. The highest BCUT2D eigenvalue weighted by molar-refractivity contribution is 7.90. The van der Waals surface area contributed by atoms with Gasteiger partial charge < -0.3 is 10.6 Å². The Kier molecular flexibility index (Phi) is 6.03. The number of anilines is 3. The molecule has 1 saturated carbocycles. The normalized spacial score (nSPS) is 20.4. The lowest BCUT2D eigenvalue weighted by molar-refractivity contribution is -0.123. The highest BCUT2D eigenvalue weighted by Gasteiger charge is 2.57. The molecular formula is C22H24N6O4S. The summed E-state index contributed by atoms with van der Waals surface area (Å²) in [7, 11) is -3.14. The molecule has 2 aromatic rings. The van der Waals surface area contributed by atoms with E-state index >= 15 is 0 Å². The first-order chi connectivity index (χ1) is 15.7. The number of rotatable bonds is 8. The molecule has 1 atom stereocenters. The van der Waals surface area contributed by atoms with Crippen LogP contribution in [-0.2, 0) is 14.6 Å². The standard InChI is InChI=1S/C22H24N6O4S/c1-33(31,32)13-11-24-19(29)15-2-6-17(7-3-15)26-21-25-10-8-18(27-21)28-12-9-22(14-23,20(28)30)16-4-5-16/h2-3,6-8,10,16H,4-5,9,11-13H2,1H3,(H,24,29)(H,25,26,27)/t22-/m1/s1. The number of aromatic nitrogens is 2. The predicted octanol–water partition coefficient (Wildman–Crippen LogP) is 1.65. The van der Waals surface area contributed by atoms with Crippen molar-refractivity contribution in [2.24, 2.45) is 11.3 Å². The number of nitriles is 1. The molecule has 2 fully saturated rings. The van der Waals surface area contributed by atoms with Crippen molar-refractivity contribution in [2.75, 3.05) is 35.3 Å². The van der Waals surface area contributed by atoms with Crippen molar-refractivity contribution in [1.29, 1.82) is 5.26 Å². The second-order valence-electron chi connectivity index (χ2n) is 8.39. The fourth-order valence-corrected chi connectivity index (χ4v) is 4.42. The fourth-order valence-electron chi connectivity index (χ4n) is 3.95. The van der Waals surface area contributed by atoms with Gasteiger partial charge in [-0.2, -0.15) is 10.2 Å². The quantitative estimate of drug-likeness (QED) is 0.595. The summed E-state index contributed by atoms with van der Waals surface area (Å²) in [6.07, 6.45) is 4.99. The van der Waals surface area contributed by atoms with Gasteiger partial charge in [0.05, 0.1) is 11.8 Å². The Morgan fingerprint density at radius 1 is 1.27 bits per heavy atom. The van der Waals surface area contributed by atoms with E-state index in [1.165, 1.54) is 0 Å². The van der Waals surface area contributed by atoms with E-state index in [1.807, 2.05) is 0 Å². The highest BCUT2D eigenvalue weighted by Crippen LogP contribution is 2.51. The fraction of sp³-hybridized carbons (Fsp3) is 0.409. The minimum absolute atomic E-state index is 0.0430. The van der Waals surface area contributed by atoms with Crippen LogP contribution in [0.5, 0.6) is 0 Å². The van der Waals surface area contributed by atoms with Gasteiger partial charge in [0, 0.05) is 36.8 Å². The lowest BCUT2D eigenvalue weighted by Crippen LogP contribution is -2.35. The SMILES string of the molecule is CS(=O)(=O)CCNC(=O)c1ccc(Nc2nccc(N3CC[C@@](C#N)(C4CC4)C3=O)n2)cc1. The van der Waals surface area contributed by atoms with E-state index in [0.29, 0.717) is 30.0 Å². The molecule has 11 heteroatoms. The number of nitrogens with one attached hydrogen (secondary N) is 2. The van der Waals surface area contributed by atoms with Crippen molar-refractivity contribution in [1.82, 2.24) is 15.3 Å². The molecule has 0 bridgehead atoms. The van der Waals surface area contributed by atoms with E-state index in [-0.39, 0.29) is 36.0 Å². The highest BCUT2D eigenvalue weighted by atomic mass is 32.2. The zero-order valence-electron chi connectivity index (χ0n) is 18.1. The molecule has 1 saturated heterocycles. The summed E-state index contributed by atoms with van der Waals surface area (Å²) in [5.41, 5.74) is 0.0900. The molecule has 172 valence electrons. The summed E-state index contributed by atoms with van der Waals surface area (Å²) in [6.45, 7) is 0.490. The Hall–Kier alpha value is -3.52. The van der Waals surface area contributed by atoms with Gasteiger partial charge in [0.2, 0.25) is 11.9 Å². The van der Waals surface area contributed by atoms with Gasteiger partial charge in [-0.25, -0.2) is 13.4 Å². The maximum atomic E-state index is 13.0. The Labute approximate surface area is 191 Å². The van der Waals surface area contributed by atoms with Gasteiger partial charge in [0.25, 0.3) is 5.91 Å². The molecule has 2 amide bonds. The van der Waals surface area contributed by atoms with E-state index < -0.39 is 15.3 Å². The Morgan fingerprint density at radius 2 is 2.00 bits per heavy atom. The topological polar surface area (TPSA) is 145 Å². The lowest BCUT2D eigenvalue weighted by atomic mass is 9.83. The van der Waals surface area contributed by atoms with Crippen LogP contribution < -0.4 is 15.5 Å². The Morgan fingerprint density at radius 3 is 2.64 bits per heavy atom. The Bertz CT molecular complexity index is 1220. The molecule has 1 aromatic heterocycles. The number of hydrogen-bond donors (Lipinski definition) is 2. The molecule has 4 rings (SSSR count). The first-order valence-corrected chi connectivity index (χ1v) is 12.7. The third kappa shape index (κ3) is 4.96. The number of hydrogen-bond acceptors (Lipinski definition) is 8. The van der Waals surface area contributed by atoms with Crippen LogP contribution in [0.2, 0.25) is 0 Å². The largest absolute Gasteiger partial charge is 0.351 e. The van der Waals surface area contributed by atoms with E-state index in [0.717, 1.165) is 19.1 Å². The average molecular weight is 469 g/mol. The molecule has 33 heavy (non-hydrogen) atoms. The molecular weight excluding hydrogens is 444 g/mol. The zero-order valence-corrected chi connectivity index (χ0v) is 18.9. The van der Waals surface area contributed by atoms with Crippen LogP contribution in [0, 0.1) is 22.7 Å². The number of sulfone groups is 1. The van der Waals surface area contributed by atoms with Crippen LogP contribution in [0.1, 0.15) is 29.6 Å². The van der Waals surface area contributed by atoms with Gasteiger partial charge in [0.1, 0.15) is 21.1 Å². The van der Waals surface area contributed by atoms with E-state index in [9.17, 15) is 23.3 Å². The molecule has 0 spiro atoms. The smallest absolute Gasteiger partial charge is 0.251 e. The van der Waals surface area contributed by atoms with Gasteiger partial charge in [-0.05, 0) is 55.5 Å². The van der Waals surface area contributed by atoms with Crippen molar-refractivity contribution in [3.05, 3.63) is 42.1 Å². The number of carbonyl (C=O) groups is 2. The summed E-state index contributed by atoms with van der Waals surface area (Å²) in [5, 5.41) is 15.3. The molecule has 1 aromatic carbocycles. The van der Waals surface area contributed by atoms with E-state index in [1.54, 1.807) is 41.4 Å². The van der Waals surface area contributed by atoms with Crippen molar-refractivity contribution < 1.29 is 18.0 Å². The van der Waals surface area contributed by atoms with E-state index in [4.69, 9.17) is 0 Å². The van der Waals surface area contributed by atoms with Gasteiger partial charge in [-0.3, -0.25) is 14.5 Å². The molecule has 1 aliphatic carbocycles. The first kappa shape index (κ1) is 22.7. The lowest BCUT2D eigenvalue weighted by Gasteiger charge is -2.20. The van der Waals surface area contributed by atoms with Gasteiger partial charge in [-0.15, -0.1) is 0 Å². The number of amides is 2. The van der Waals surface area contributed by atoms with Crippen molar-refractivity contribution in [3.63, 3.8) is 0 Å². The van der Waals surface area contributed by atoms with Gasteiger partial charge in [0.15, 0.2) is 0 Å². The summed E-state index contributed by atoms with van der Waals surface area (Å²) < 4.78 is 22.3. The minimum atomic E-state index is -3.14. The van der Waals surface area contributed by atoms with Crippen molar-refractivity contribution in [3.8, 4) is 6.07 Å². The number of nitrogens with zero attached hydrogens (tertiary/aromatic N) is 4. The third-order valence-corrected chi connectivity index (χ3v) is 6.86. The van der Waals surface area contributed by atoms with Crippen LogP contribution in [0.25, 0.3) is 0 Å². The molecule has 1 aliphatic heterocycles. The maximum Gasteiger partial charge on any atom is 0.251 e. The van der Waals surface area contributed by atoms with E-state index in [2.05, 4.69) is 26.7 Å². The minimum Gasteiger partial charge on any atom is -0.351 e. The Balaban J connectivity index is 1.40. The van der Waals surface area contributed by atoms with Crippen LogP contribution in [0.3, 0.4) is 0 Å². The zero-order chi connectivity index (χ0) is 23.6. The van der Waals surface area contributed by atoms with Crippen LogP contribution >= 0.6 is 0 Å². The van der Waals surface area contributed by atoms with Crippen LogP contribution in [-0.4, -0.2) is 55.3 Å².